The van der Waals surface area contributed by atoms with Crippen molar-refractivity contribution in [1.82, 2.24) is 24.0 Å². The minimum atomic E-state index is -0.0418. The van der Waals surface area contributed by atoms with Crippen LogP contribution in [0.15, 0.2) is 158 Å². The predicted molar refractivity (Wildman–Crippen MR) is 194 cm³/mol. The summed E-state index contributed by atoms with van der Waals surface area (Å²) in [5.41, 5.74) is 9.92. The number of rotatable bonds is 4. The number of para-hydroxylation sites is 2. The van der Waals surface area contributed by atoms with Gasteiger partial charge in [0.15, 0.2) is 0 Å². The molecule has 4 heterocycles. The SMILES string of the molecule is CN1B(c2c(-c3ccccc3)cccc2-c2ccccc2)n2ccnc2-c2[c-]cccc21.Oc1nc2ccccc2n1-c1ccccn1.[Ir]. The Hall–Kier alpha value is -5.76. The molecule has 0 atom stereocenters. The van der Waals surface area contributed by atoms with Crippen molar-refractivity contribution < 1.29 is 25.2 Å². The zero-order chi connectivity index (χ0) is 32.5. The maximum atomic E-state index is 9.80. The normalized spacial score (nSPS) is 11.6. The van der Waals surface area contributed by atoms with Gasteiger partial charge in [-0.05, 0) is 59.0 Å². The quantitative estimate of drug-likeness (QED) is 0.147. The molecule has 3 aromatic heterocycles. The number of fused-ring (bicyclic) bond motifs is 4. The number of aromatic hydroxyl groups is 1. The van der Waals surface area contributed by atoms with E-state index in [-0.39, 0.29) is 33.1 Å². The average Bonchev–Trinajstić information content (AvgIpc) is 3.77. The Morgan fingerprint density at radius 2 is 1.35 bits per heavy atom. The van der Waals surface area contributed by atoms with Gasteiger partial charge in [-0.3, -0.25) is 4.98 Å². The van der Waals surface area contributed by atoms with E-state index >= 15 is 0 Å². The molecule has 239 valence electrons. The van der Waals surface area contributed by atoms with Crippen LogP contribution in [0.3, 0.4) is 0 Å². The summed E-state index contributed by atoms with van der Waals surface area (Å²) in [6.07, 6.45) is 5.65. The number of benzene rings is 5. The Balaban J connectivity index is 0.000000187. The van der Waals surface area contributed by atoms with E-state index in [0.717, 1.165) is 28.1 Å². The van der Waals surface area contributed by atoms with Crippen molar-refractivity contribution in [2.45, 2.75) is 0 Å². The number of imidazole rings is 2. The number of aromatic nitrogens is 5. The van der Waals surface area contributed by atoms with Crippen LogP contribution < -0.4 is 10.3 Å². The molecule has 0 spiro atoms. The van der Waals surface area contributed by atoms with Crippen molar-refractivity contribution >= 4 is 29.2 Å². The predicted octanol–water partition coefficient (Wildman–Crippen LogP) is 7.50. The number of hydrogen-bond donors (Lipinski definition) is 1. The topological polar surface area (TPSA) is 72.0 Å². The molecule has 9 heteroatoms. The molecular formula is C40H30BIrN6O-. The average molecular weight is 814 g/mol. The Labute approximate surface area is 298 Å². The Kier molecular flexibility index (Phi) is 8.94. The summed E-state index contributed by atoms with van der Waals surface area (Å²) in [5.74, 6) is 1.61. The summed E-state index contributed by atoms with van der Waals surface area (Å²) in [6.45, 7) is -0.0394. The fraction of sp³-hybridized carbons (Fsp3) is 0.0250. The van der Waals surface area contributed by atoms with Gasteiger partial charge < -0.3 is 14.4 Å². The summed E-state index contributed by atoms with van der Waals surface area (Å²) >= 11 is 0. The van der Waals surface area contributed by atoms with Crippen LogP contribution >= 0.6 is 0 Å². The first kappa shape index (κ1) is 31.8. The minimum absolute atomic E-state index is 0. The first-order valence-electron chi connectivity index (χ1n) is 15.8. The van der Waals surface area contributed by atoms with E-state index in [1.807, 2.05) is 60.8 Å². The molecule has 49 heavy (non-hydrogen) atoms. The Morgan fingerprint density at radius 3 is 2.04 bits per heavy atom. The molecule has 0 bridgehead atoms. The standard InChI is InChI=1S/C28H21BN3.C12H9N3O.Ir/c1-31-26-18-9-8-15-25(26)28-30-19-20-32(28)29(31)27-23(21-11-4-2-5-12-21)16-10-17-24(27)22-13-6-3-7-14-22;16-12-14-9-5-1-2-6-10(9)15(12)11-7-3-4-8-13-11;/h2-14,16-20H,1H3;1-8H,(H,14,16);/q-1;;. The van der Waals surface area contributed by atoms with Crippen LogP contribution in [0.25, 0.3) is 50.5 Å². The van der Waals surface area contributed by atoms with Crippen molar-refractivity contribution in [3.05, 3.63) is 164 Å². The van der Waals surface area contributed by atoms with Gasteiger partial charge in [-0.1, -0.05) is 108 Å². The fourth-order valence-corrected chi connectivity index (χ4v) is 6.56. The molecule has 1 aliphatic rings. The van der Waals surface area contributed by atoms with Gasteiger partial charge in [0.25, 0.3) is 0 Å². The molecule has 0 fully saturated rings. The van der Waals surface area contributed by atoms with Crippen molar-refractivity contribution in [2.24, 2.45) is 0 Å². The molecule has 8 aromatic rings. The maximum absolute atomic E-state index is 9.80. The molecule has 0 saturated carbocycles. The third-order valence-corrected chi connectivity index (χ3v) is 8.69. The molecule has 0 unspecified atom stereocenters. The van der Waals surface area contributed by atoms with E-state index in [1.54, 1.807) is 10.8 Å². The minimum Gasteiger partial charge on any atom is -0.480 e. The van der Waals surface area contributed by atoms with Gasteiger partial charge in [0, 0.05) is 44.5 Å². The van der Waals surface area contributed by atoms with Crippen LogP contribution in [0.5, 0.6) is 6.01 Å². The monoisotopic (exact) mass is 814 g/mol. The van der Waals surface area contributed by atoms with Crippen LogP contribution in [0.1, 0.15) is 0 Å². The first-order chi connectivity index (χ1) is 23.7. The van der Waals surface area contributed by atoms with E-state index in [1.165, 1.54) is 27.7 Å². The van der Waals surface area contributed by atoms with Crippen molar-refractivity contribution in [2.75, 3.05) is 11.9 Å². The zero-order valence-electron chi connectivity index (χ0n) is 26.6. The van der Waals surface area contributed by atoms with Crippen molar-refractivity contribution in [1.29, 1.82) is 0 Å². The second-order valence-electron chi connectivity index (χ2n) is 11.5. The largest absolute Gasteiger partial charge is 0.480 e. The second-order valence-corrected chi connectivity index (χ2v) is 11.5. The molecule has 9 rings (SSSR count). The second kappa shape index (κ2) is 13.8. The summed E-state index contributed by atoms with van der Waals surface area (Å²) in [4.78, 5) is 15.3. The number of nitrogens with zero attached hydrogens (tertiary/aromatic N) is 6. The number of pyridine rings is 1. The molecule has 0 amide bonds. The molecule has 0 saturated heterocycles. The Morgan fingerprint density at radius 1 is 0.673 bits per heavy atom. The number of anilines is 1. The molecular weight excluding hydrogens is 784 g/mol. The Bertz CT molecular complexity index is 2290. The van der Waals surface area contributed by atoms with Crippen molar-refractivity contribution in [3.8, 4) is 45.5 Å². The smallest absolute Gasteiger partial charge is 0.400 e. The van der Waals surface area contributed by atoms with Crippen molar-refractivity contribution in [3.63, 3.8) is 0 Å². The van der Waals surface area contributed by atoms with Crippen LogP contribution in [0.2, 0.25) is 0 Å². The van der Waals surface area contributed by atoms with Crippen LogP contribution in [-0.2, 0) is 20.1 Å². The van der Waals surface area contributed by atoms with Crippen LogP contribution in [0, 0.1) is 6.07 Å². The summed E-state index contributed by atoms with van der Waals surface area (Å²) in [6, 6.07) is 50.5. The van der Waals surface area contributed by atoms with E-state index in [4.69, 9.17) is 4.98 Å². The summed E-state index contributed by atoms with van der Waals surface area (Å²) < 4.78 is 3.89. The zero-order valence-corrected chi connectivity index (χ0v) is 28.9. The molecule has 1 aliphatic heterocycles. The van der Waals surface area contributed by atoms with Crippen LogP contribution in [0.4, 0.5) is 5.69 Å². The van der Waals surface area contributed by atoms with Gasteiger partial charge in [0.1, 0.15) is 5.82 Å². The molecule has 1 N–H and O–H groups in total. The van der Waals surface area contributed by atoms with E-state index in [2.05, 4.69) is 123 Å². The van der Waals surface area contributed by atoms with E-state index in [0.29, 0.717) is 5.82 Å². The molecule has 7 nitrogen and oxygen atoms in total. The van der Waals surface area contributed by atoms with Gasteiger partial charge in [-0.25, -0.2) is 9.55 Å². The van der Waals surface area contributed by atoms with Gasteiger partial charge in [0.2, 0.25) is 0 Å². The molecule has 1 radical (unpaired) electrons. The van der Waals surface area contributed by atoms with Crippen LogP contribution in [-0.4, -0.2) is 43.1 Å². The fourth-order valence-electron chi connectivity index (χ4n) is 6.56. The third-order valence-electron chi connectivity index (χ3n) is 8.69. The maximum Gasteiger partial charge on any atom is 0.400 e. The van der Waals surface area contributed by atoms with Gasteiger partial charge in [0.05, 0.1) is 11.0 Å². The van der Waals surface area contributed by atoms with E-state index in [9.17, 15) is 5.11 Å². The number of hydrogen-bond acceptors (Lipinski definition) is 5. The first-order valence-corrected chi connectivity index (χ1v) is 15.8. The van der Waals surface area contributed by atoms with Gasteiger partial charge in [-0.15, -0.1) is 24.3 Å². The summed E-state index contributed by atoms with van der Waals surface area (Å²) in [5, 5.41) is 9.80. The molecule has 5 aromatic carbocycles. The molecule has 0 aliphatic carbocycles. The summed E-state index contributed by atoms with van der Waals surface area (Å²) in [7, 11) is 2.16. The third kappa shape index (κ3) is 5.84. The van der Waals surface area contributed by atoms with Gasteiger partial charge in [-0.2, -0.15) is 4.98 Å². The van der Waals surface area contributed by atoms with E-state index < -0.39 is 0 Å². The van der Waals surface area contributed by atoms with Gasteiger partial charge >= 0.3 is 13.0 Å².